The summed E-state index contributed by atoms with van der Waals surface area (Å²) in [7, 11) is 1.80. The predicted octanol–water partition coefficient (Wildman–Crippen LogP) is 5.40. The molecule has 0 aromatic heterocycles. The van der Waals surface area contributed by atoms with Gasteiger partial charge in [0.25, 0.3) is 0 Å². The number of hydrogen-bond donors (Lipinski definition) is 1. The number of methoxy groups -OCH3 is 1. The summed E-state index contributed by atoms with van der Waals surface area (Å²) in [6.07, 6.45) is 12.1. The van der Waals surface area contributed by atoms with E-state index in [0.717, 1.165) is 30.4 Å². The second-order valence-electron chi connectivity index (χ2n) is 10.6. The average molecular weight is 355 g/mol. The van der Waals surface area contributed by atoms with Crippen LogP contribution in [0.2, 0.25) is 0 Å². The van der Waals surface area contributed by atoms with Crippen molar-refractivity contribution in [3.63, 3.8) is 0 Å². The first-order chi connectivity index (χ1) is 12.2. The third-order valence-corrected chi connectivity index (χ3v) is 9.22. The lowest BCUT2D eigenvalue weighted by Gasteiger charge is -2.56. The number of rotatable bonds is 2. The standard InChI is InChI=1S/C24H34O2/c1-14-10-15-11-17(26-5)6-7-18(15)19-8-9-23(4)20(22(2,3)25)12-16-13-24(16,23)21(14)19/h6,10,16,19-21,25H,7-9,11-13H2,1-5H3/t16-,19-,20+,21-,23-,24-/m1/s1. The van der Waals surface area contributed by atoms with E-state index in [9.17, 15) is 5.11 Å². The van der Waals surface area contributed by atoms with Crippen molar-refractivity contribution in [1.82, 2.24) is 0 Å². The number of allylic oxidation sites excluding steroid dienone is 5. The Labute approximate surface area is 158 Å². The maximum atomic E-state index is 10.9. The second-order valence-corrected chi connectivity index (χ2v) is 10.6. The van der Waals surface area contributed by atoms with Crippen LogP contribution in [0.15, 0.2) is 34.6 Å². The zero-order valence-corrected chi connectivity index (χ0v) is 17.1. The molecule has 0 unspecified atom stereocenters. The molecule has 0 radical (unpaired) electrons. The van der Waals surface area contributed by atoms with Crippen LogP contribution in [0.1, 0.15) is 66.2 Å². The lowest BCUT2D eigenvalue weighted by Crippen LogP contribution is -2.51. The maximum Gasteiger partial charge on any atom is 0.0962 e. The molecule has 1 spiro atoms. The first kappa shape index (κ1) is 17.1. The molecule has 6 atom stereocenters. The van der Waals surface area contributed by atoms with Crippen LogP contribution >= 0.6 is 0 Å². The van der Waals surface area contributed by atoms with Gasteiger partial charge < -0.3 is 9.84 Å². The summed E-state index contributed by atoms with van der Waals surface area (Å²) < 4.78 is 5.55. The Morgan fingerprint density at radius 1 is 1.31 bits per heavy atom. The average Bonchev–Trinajstić information content (AvgIpc) is 3.23. The topological polar surface area (TPSA) is 29.5 Å². The molecule has 5 rings (SSSR count). The summed E-state index contributed by atoms with van der Waals surface area (Å²) in [5.74, 6) is 3.84. The minimum absolute atomic E-state index is 0.298. The summed E-state index contributed by atoms with van der Waals surface area (Å²) >= 11 is 0. The van der Waals surface area contributed by atoms with Crippen LogP contribution in [-0.2, 0) is 4.74 Å². The van der Waals surface area contributed by atoms with Gasteiger partial charge in [-0.1, -0.05) is 24.1 Å². The molecule has 5 aliphatic rings. The Kier molecular flexibility index (Phi) is 3.33. The Morgan fingerprint density at radius 2 is 2.08 bits per heavy atom. The highest BCUT2D eigenvalue weighted by atomic mass is 16.5. The molecule has 0 heterocycles. The number of ether oxygens (including phenoxy) is 1. The lowest BCUT2D eigenvalue weighted by molar-refractivity contribution is -0.0893. The van der Waals surface area contributed by atoms with Gasteiger partial charge >= 0.3 is 0 Å². The molecule has 2 heteroatoms. The van der Waals surface area contributed by atoms with Crippen molar-refractivity contribution >= 4 is 0 Å². The minimum Gasteiger partial charge on any atom is -0.501 e. The van der Waals surface area contributed by atoms with Gasteiger partial charge in [-0.05, 0) is 99.0 Å². The molecule has 0 saturated heterocycles. The molecule has 5 aliphatic carbocycles. The molecule has 0 aromatic carbocycles. The summed E-state index contributed by atoms with van der Waals surface area (Å²) in [6, 6.07) is 0. The van der Waals surface area contributed by atoms with Gasteiger partial charge in [-0.25, -0.2) is 0 Å². The highest BCUT2D eigenvalue weighted by molar-refractivity contribution is 5.46. The fraction of sp³-hybridized carbons (Fsp3) is 0.750. The molecular weight excluding hydrogens is 320 g/mol. The fourth-order valence-corrected chi connectivity index (χ4v) is 8.28. The minimum atomic E-state index is -0.556. The summed E-state index contributed by atoms with van der Waals surface area (Å²) in [6.45, 7) is 9.02. The van der Waals surface area contributed by atoms with E-state index in [0.29, 0.717) is 22.7 Å². The van der Waals surface area contributed by atoms with E-state index >= 15 is 0 Å². The van der Waals surface area contributed by atoms with Crippen LogP contribution < -0.4 is 0 Å². The Morgan fingerprint density at radius 3 is 2.77 bits per heavy atom. The van der Waals surface area contributed by atoms with Gasteiger partial charge in [-0.3, -0.25) is 0 Å². The molecule has 0 amide bonds. The van der Waals surface area contributed by atoms with E-state index < -0.39 is 5.60 Å². The molecule has 0 aliphatic heterocycles. The Balaban J connectivity index is 1.54. The van der Waals surface area contributed by atoms with E-state index in [-0.39, 0.29) is 0 Å². The SMILES string of the molecule is COC1=CCC2=C(C=C(C)[C@@H]3[C@@H]2CC[C@]2(C)[C@H](C(C)(C)O)C[C@@H]4C[C@@]432)C1. The van der Waals surface area contributed by atoms with Gasteiger partial charge in [0.15, 0.2) is 0 Å². The van der Waals surface area contributed by atoms with Crippen molar-refractivity contribution in [3.8, 4) is 0 Å². The monoisotopic (exact) mass is 354 g/mol. The third kappa shape index (κ3) is 1.92. The van der Waals surface area contributed by atoms with Crippen molar-refractivity contribution in [2.24, 2.45) is 34.5 Å². The molecule has 0 aromatic rings. The van der Waals surface area contributed by atoms with Crippen LogP contribution in [0.3, 0.4) is 0 Å². The van der Waals surface area contributed by atoms with Gasteiger partial charge in [0, 0.05) is 6.42 Å². The normalized spacial score (nSPS) is 46.5. The van der Waals surface area contributed by atoms with Gasteiger partial charge in [-0.2, -0.15) is 0 Å². The highest BCUT2D eigenvalue weighted by Gasteiger charge is 2.78. The van der Waals surface area contributed by atoms with E-state index in [2.05, 4.69) is 39.8 Å². The highest BCUT2D eigenvalue weighted by Crippen LogP contribution is 2.84. The van der Waals surface area contributed by atoms with Crippen molar-refractivity contribution in [2.75, 3.05) is 7.11 Å². The van der Waals surface area contributed by atoms with Crippen LogP contribution in [-0.4, -0.2) is 17.8 Å². The summed E-state index contributed by atoms with van der Waals surface area (Å²) in [5, 5.41) is 10.9. The fourth-order valence-electron chi connectivity index (χ4n) is 8.28. The predicted molar refractivity (Wildman–Crippen MR) is 104 cm³/mol. The van der Waals surface area contributed by atoms with E-state index in [1.165, 1.54) is 31.3 Å². The Bertz CT molecular complexity index is 749. The van der Waals surface area contributed by atoms with Crippen LogP contribution in [0, 0.1) is 34.5 Å². The van der Waals surface area contributed by atoms with Crippen molar-refractivity contribution in [3.05, 3.63) is 34.6 Å². The summed E-state index contributed by atoms with van der Waals surface area (Å²) in [4.78, 5) is 0. The second kappa shape index (κ2) is 5.07. The van der Waals surface area contributed by atoms with Crippen LogP contribution in [0.25, 0.3) is 0 Å². The maximum absolute atomic E-state index is 10.9. The third-order valence-electron chi connectivity index (χ3n) is 9.22. The number of hydrogen-bond acceptors (Lipinski definition) is 2. The van der Waals surface area contributed by atoms with Crippen molar-refractivity contribution in [1.29, 1.82) is 0 Å². The zero-order chi connectivity index (χ0) is 18.5. The largest absolute Gasteiger partial charge is 0.501 e. The van der Waals surface area contributed by atoms with Crippen molar-refractivity contribution < 1.29 is 9.84 Å². The van der Waals surface area contributed by atoms with Crippen molar-refractivity contribution in [2.45, 2.75) is 71.8 Å². The van der Waals surface area contributed by atoms with E-state index in [1.54, 1.807) is 18.3 Å². The number of aliphatic hydroxyl groups is 1. The molecule has 1 N–H and O–H groups in total. The Hall–Kier alpha value is -1.02. The van der Waals surface area contributed by atoms with Gasteiger partial charge in [0.2, 0.25) is 0 Å². The summed E-state index contributed by atoms with van der Waals surface area (Å²) in [5.41, 5.74) is 5.04. The number of fused-ring (bicyclic) bond motifs is 2. The zero-order valence-electron chi connectivity index (χ0n) is 17.1. The molecular formula is C24H34O2. The van der Waals surface area contributed by atoms with Crippen LogP contribution in [0.4, 0.5) is 0 Å². The molecule has 0 bridgehead atoms. The van der Waals surface area contributed by atoms with Gasteiger partial charge in [0.1, 0.15) is 0 Å². The van der Waals surface area contributed by atoms with Gasteiger partial charge in [-0.15, -0.1) is 0 Å². The smallest absolute Gasteiger partial charge is 0.0962 e. The van der Waals surface area contributed by atoms with E-state index in [1.807, 2.05) is 0 Å². The quantitative estimate of drug-likeness (QED) is 0.720. The first-order valence-corrected chi connectivity index (χ1v) is 10.6. The molecule has 142 valence electrons. The molecule has 3 saturated carbocycles. The lowest BCUT2D eigenvalue weighted by atomic mass is 9.49. The first-order valence-electron chi connectivity index (χ1n) is 10.6. The van der Waals surface area contributed by atoms with E-state index in [4.69, 9.17) is 4.74 Å². The molecule has 26 heavy (non-hydrogen) atoms. The van der Waals surface area contributed by atoms with Gasteiger partial charge in [0.05, 0.1) is 18.5 Å². The molecule has 3 fully saturated rings. The van der Waals surface area contributed by atoms with Crippen LogP contribution in [0.5, 0.6) is 0 Å². The molecule has 2 nitrogen and oxygen atoms in total.